The number of ether oxygens (including phenoxy) is 1. The van der Waals surface area contributed by atoms with Gasteiger partial charge in [0.2, 0.25) is 0 Å². The van der Waals surface area contributed by atoms with Crippen LogP contribution < -0.4 is 0 Å². The Hall–Kier alpha value is -2.14. The number of rotatable bonds is 4. The fourth-order valence-electron chi connectivity index (χ4n) is 3.59. The maximum Gasteiger partial charge on any atom is 0.349 e. The zero-order valence-corrected chi connectivity index (χ0v) is 15.6. The minimum absolute atomic E-state index is 0.183. The van der Waals surface area contributed by atoms with Crippen molar-refractivity contribution < 1.29 is 19.2 Å². The van der Waals surface area contributed by atoms with Crippen LogP contribution in [0.15, 0.2) is 36.4 Å². The maximum absolute atomic E-state index is 12.3. The van der Waals surface area contributed by atoms with E-state index in [2.05, 4.69) is 0 Å². The molecule has 0 saturated carbocycles. The van der Waals surface area contributed by atoms with Gasteiger partial charge in [0.15, 0.2) is 0 Å². The lowest BCUT2D eigenvalue weighted by molar-refractivity contribution is -0.273. The zero-order valence-electron chi connectivity index (χ0n) is 15.6. The van der Waals surface area contributed by atoms with Gasteiger partial charge in [0.05, 0.1) is 11.1 Å². The fourth-order valence-corrected chi connectivity index (χ4v) is 3.59. The molecule has 0 N–H and O–H groups in total. The molecule has 5 nitrogen and oxygen atoms in total. The summed E-state index contributed by atoms with van der Waals surface area (Å²) >= 11 is 0. The van der Waals surface area contributed by atoms with Crippen LogP contribution in [0.25, 0.3) is 6.08 Å². The lowest BCUT2D eigenvalue weighted by Crippen LogP contribution is -2.62. The number of esters is 1. The first-order valence-electron chi connectivity index (χ1n) is 8.53. The quantitative estimate of drug-likeness (QED) is 0.614. The monoisotopic (exact) mass is 345 g/mol. The molecule has 0 spiro atoms. The third-order valence-electron chi connectivity index (χ3n) is 4.28. The molecular weight excluding hydrogens is 318 g/mol. The summed E-state index contributed by atoms with van der Waals surface area (Å²) in [7, 11) is 0. The minimum atomic E-state index is -0.446. The van der Waals surface area contributed by atoms with Gasteiger partial charge in [-0.25, -0.2) is 4.79 Å². The highest BCUT2D eigenvalue weighted by atomic mass is 16.7. The van der Waals surface area contributed by atoms with Crippen molar-refractivity contribution in [2.24, 2.45) is 0 Å². The van der Waals surface area contributed by atoms with Crippen LogP contribution in [0.2, 0.25) is 0 Å². The van der Waals surface area contributed by atoms with Gasteiger partial charge in [0, 0.05) is 25.8 Å². The third-order valence-corrected chi connectivity index (χ3v) is 4.28. The topological polar surface area (TPSA) is 55.8 Å². The van der Waals surface area contributed by atoms with Gasteiger partial charge in [-0.1, -0.05) is 30.3 Å². The molecule has 0 aliphatic carbocycles. The summed E-state index contributed by atoms with van der Waals surface area (Å²) in [5.41, 5.74) is 0.0440. The molecule has 5 heteroatoms. The molecule has 1 aromatic carbocycles. The van der Waals surface area contributed by atoms with Crippen molar-refractivity contribution >= 4 is 18.0 Å². The Morgan fingerprint density at radius 1 is 1.08 bits per heavy atom. The van der Waals surface area contributed by atoms with Gasteiger partial charge in [0.25, 0.3) is 0 Å². The summed E-state index contributed by atoms with van der Waals surface area (Å²) in [6.45, 7) is 9.36. The Kier molecular flexibility index (Phi) is 5.68. The SMILES string of the molecule is CC(=O)OC1CC(C)(C)N(OC(=O)C=Cc2ccccc2)C(C)(C)C1. The van der Waals surface area contributed by atoms with Gasteiger partial charge < -0.3 is 9.57 Å². The van der Waals surface area contributed by atoms with E-state index in [1.54, 1.807) is 11.1 Å². The van der Waals surface area contributed by atoms with Crippen molar-refractivity contribution in [1.82, 2.24) is 5.06 Å². The van der Waals surface area contributed by atoms with Crippen LogP contribution in [-0.2, 0) is 19.2 Å². The lowest BCUT2D eigenvalue weighted by atomic mass is 9.80. The van der Waals surface area contributed by atoms with E-state index in [9.17, 15) is 9.59 Å². The smallest absolute Gasteiger partial charge is 0.349 e. The van der Waals surface area contributed by atoms with Gasteiger partial charge in [-0.3, -0.25) is 4.79 Å². The van der Waals surface area contributed by atoms with Gasteiger partial charge in [0.1, 0.15) is 6.10 Å². The standard InChI is InChI=1S/C20H27NO4/c1-15(22)24-17-13-19(2,3)21(20(4,5)14-17)25-18(23)12-11-16-9-7-6-8-10-16/h6-12,17H,13-14H2,1-5H3. The van der Waals surface area contributed by atoms with Gasteiger partial charge in [-0.05, 0) is 39.3 Å². The van der Waals surface area contributed by atoms with Crippen LogP contribution in [-0.4, -0.2) is 34.2 Å². The third kappa shape index (κ3) is 5.16. The van der Waals surface area contributed by atoms with Crippen molar-refractivity contribution in [3.8, 4) is 0 Å². The van der Waals surface area contributed by atoms with Crippen LogP contribution >= 0.6 is 0 Å². The number of nitrogens with zero attached hydrogens (tertiary/aromatic N) is 1. The van der Waals surface area contributed by atoms with Gasteiger partial charge in [-0.2, -0.15) is 0 Å². The van der Waals surface area contributed by atoms with Crippen molar-refractivity contribution in [3.05, 3.63) is 42.0 Å². The summed E-state index contributed by atoms with van der Waals surface area (Å²) in [5.74, 6) is -0.705. The number of benzene rings is 1. The van der Waals surface area contributed by atoms with Gasteiger partial charge in [-0.15, -0.1) is 5.06 Å². The normalized spacial score (nSPS) is 20.4. The predicted molar refractivity (Wildman–Crippen MR) is 96.4 cm³/mol. The summed E-state index contributed by atoms with van der Waals surface area (Å²) in [4.78, 5) is 29.2. The van der Waals surface area contributed by atoms with Crippen LogP contribution in [0.4, 0.5) is 0 Å². The molecule has 1 aliphatic heterocycles. The number of hydrogen-bond acceptors (Lipinski definition) is 5. The molecule has 0 radical (unpaired) electrons. The fraction of sp³-hybridized carbons (Fsp3) is 0.500. The second-order valence-corrected chi connectivity index (χ2v) is 7.71. The maximum atomic E-state index is 12.3. The second-order valence-electron chi connectivity index (χ2n) is 7.71. The van der Waals surface area contributed by atoms with Crippen LogP contribution in [0.3, 0.4) is 0 Å². The summed E-state index contributed by atoms with van der Waals surface area (Å²) < 4.78 is 5.40. The number of piperidine rings is 1. The van der Waals surface area contributed by atoms with E-state index >= 15 is 0 Å². The Bertz CT molecular complexity index is 631. The highest BCUT2D eigenvalue weighted by molar-refractivity contribution is 5.86. The molecule has 2 rings (SSSR count). The molecule has 1 fully saturated rings. The van der Waals surface area contributed by atoms with E-state index in [0.29, 0.717) is 12.8 Å². The van der Waals surface area contributed by atoms with E-state index in [0.717, 1.165) is 5.56 Å². The molecule has 1 heterocycles. The van der Waals surface area contributed by atoms with Gasteiger partial charge >= 0.3 is 11.9 Å². The Morgan fingerprint density at radius 2 is 1.64 bits per heavy atom. The second kappa shape index (κ2) is 7.40. The number of carbonyl (C=O) groups is 2. The lowest BCUT2D eigenvalue weighted by Gasteiger charge is -2.52. The highest BCUT2D eigenvalue weighted by Gasteiger charge is 2.49. The van der Waals surface area contributed by atoms with E-state index in [4.69, 9.17) is 9.57 Å². The molecule has 1 aromatic rings. The Labute approximate surface area is 149 Å². The zero-order chi connectivity index (χ0) is 18.7. The van der Waals surface area contributed by atoms with E-state index in [1.165, 1.54) is 13.0 Å². The Balaban J connectivity index is 2.08. The largest absolute Gasteiger partial charge is 0.462 e. The van der Waals surface area contributed by atoms with Crippen molar-refractivity contribution in [2.45, 2.75) is 64.6 Å². The molecule has 0 bridgehead atoms. The van der Waals surface area contributed by atoms with Crippen molar-refractivity contribution in [3.63, 3.8) is 0 Å². The summed E-state index contributed by atoms with van der Waals surface area (Å²) in [6.07, 6.45) is 4.18. The number of carbonyl (C=O) groups excluding carboxylic acids is 2. The van der Waals surface area contributed by atoms with Crippen molar-refractivity contribution in [1.29, 1.82) is 0 Å². The van der Waals surface area contributed by atoms with Crippen molar-refractivity contribution in [2.75, 3.05) is 0 Å². The Morgan fingerprint density at radius 3 is 2.16 bits per heavy atom. The van der Waals surface area contributed by atoms with E-state index < -0.39 is 17.0 Å². The molecule has 0 atom stereocenters. The minimum Gasteiger partial charge on any atom is -0.462 e. The molecule has 1 aliphatic rings. The summed E-state index contributed by atoms with van der Waals surface area (Å²) in [6, 6.07) is 9.59. The molecule has 25 heavy (non-hydrogen) atoms. The van der Waals surface area contributed by atoms with Crippen LogP contribution in [0.5, 0.6) is 0 Å². The number of hydroxylamine groups is 2. The predicted octanol–water partition coefficient (Wildman–Crippen LogP) is 3.74. The average Bonchev–Trinajstić information content (AvgIpc) is 2.48. The molecule has 0 amide bonds. The van der Waals surface area contributed by atoms with E-state index in [-0.39, 0.29) is 12.1 Å². The van der Waals surface area contributed by atoms with Crippen LogP contribution in [0, 0.1) is 0 Å². The molecule has 0 aromatic heterocycles. The van der Waals surface area contributed by atoms with E-state index in [1.807, 2.05) is 58.0 Å². The number of hydrogen-bond donors (Lipinski definition) is 0. The van der Waals surface area contributed by atoms with Crippen LogP contribution in [0.1, 0.15) is 53.0 Å². The molecular formula is C20H27NO4. The first-order valence-corrected chi connectivity index (χ1v) is 8.53. The first kappa shape index (κ1) is 19.2. The summed E-state index contributed by atoms with van der Waals surface area (Å²) in [5, 5.41) is 1.73. The molecule has 1 saturated heterocycles. The molecule has 0 unspecified atom stereocenters. The average molecular weight is 345 g/mol. The molecule has 136 valence electrons. The highest BCUT2D eigenvalue weighted by Crippen LogP contribution is 2.39. The first-order chi connectivity index (χ1) is 11.6.